The fourth-order valence-electron chi connectivity index (χ4n) is 2.24. The number of nitrogens with zero attached hydrogens (tertiary/aromatic N) is 1. The van der Waals surface area contributed by atoms with Gasteiger partial charge in [-0.3, -0.25) is 4.57 Å². The van der Waals surface area contributed by atoms with Gasteiger partial charge in [0, 0.05) is 13.1 Å². The van der Waals surface area contributed by atoms with Gasteiger partial charge in [-0.15, -0.1) is 13.2 Å². The molecule has 0 fully saturated rings. The van der Waals surface area contributed by atoms with E-state index in [1.807, 2.05) is 0 Å². The third-order valence-electron chi connectivity index (χ3n) is 3.46. The second-order valence-electron chi connectivity index (χ2n) is 6.25. The predicted molar refractivity (Wildman–Crippen MR) is 109 cm³/mol. The van der Waals surface area contributed by atoms with Gasteiger partial charge in [-0.2, -0.15) is 0 Å². The molecule has 0 aliphatic carbocycles. The summed E-state index contributed by atoms with van der Waals surface area (Å²) in [5.74, 6) is 0.523. The molecule has 1 unspecified atom stereocenters. The monoisotopic (exact) mass is 395 g/mol. The first-order valence-electron chi connectivity index (χ1n) is 8.98. The summed E-state index contributed by atoms with van der Waals surface area (Å²) in [4.78, 5) is 11.7. The van der Waals surface area contributed by atoms with E-state index in [0.717, 1.165) is 0 Å². The maximum Gasteiger partial charge on any atom is 0.332 e. The SMILES string of the molecule is C=CCN(CC=C)P(=O)(OCC(=O)OCC)c1ccc(OCC(C)C)cc1. The molecule has 1 aromatic carbocycles. The van der Waals surface area contributed by atoms with E-state index in [1.165, 1.54) is 0 Å². The summed E-state index contributed by atoms with van der Waals surface area (Å²) in [6.07, 6.45) is 3.26. The van der Waals surface area contributed by atoms with Crippen molar-refractivity contribution in [3.63, 3.8) is 0 Å². The van der Waals surface area contributed by atoms with Crippen LogP contribution < -0.4 is 10.0 Å². The highest BCUT2D eigenvalue weighted by Crippen LogP contribution is 2.49. The van der Waals surface area contributed by atoms with E-state index in [9.17, 15) is 9.36 Å². The lowest BCUT2D eigenvalue weighted by molar-refractivity contribution is -0.145. The molecule has 0 amide bonds. The standard InChI is InChI=1S/C20H30NO5P/c1-6-13-21(14-7-2)27(23,26-16-20(22)24-8-3)19-11-9-18(10-12-19)25-15-17(4)5/h6-7,9-12,17H,1-2,8,13-16H2,3-5H3. The molecule has 0 spiro atoms. The van der Waals surface area contributed by atoms with Crippen LogP contribution in [0.25, 0.3) is 0 Å². The van der Waals surface area contributed by atoms with Gasteiger partial charge >= 0.3 is 13.5 Å². The van der Waals surface area contributed by atoms with E-state index in [4.69, 9.17) is 14.0 Å². The number of hydrogen-bond acceptors (Lipinski definition) is 5. The Hall–Kier alpha value is -1.88. The van der Waals surface area contributed by atoms with E-state index >= 15 is 0 Å². The largest absolute Gasteiger partial charge is 0.493 e. The lowest BCUT2D eigenvalue weighted by Crippen LogP contribution is -2.29. The van der Waals surface area contributed by atoms with Crippen LogP contribution in [-0.2, 0) is 18.6 Å². The van der Waals surface area contributed by atoms with Crippen molar-refractivity contribution in [3.8, 4) is 5.75 Å². The zero-order valence-electron chi connectivity index (χ0n) is 16.4. The third-order valence-corrected chi connectivity index (χ3v) is 5.96. The van der Waals surface area contributed by atoms with Gasteiger partial charge in [-0.1, -0.05) is 26.0 Å². The number of ether oxygens (including phenoxy) is 2. The van der Waals surface area contributed by atoms with Crippen LogP contribution in [0.15, 0.2) is 49.6 Å². The molecule has 0 bridgehead atoms. The fraction of sp³-hybridized carbons (Fsp3) is 0.450. The van der Waals surface area contributed by atoms with Gasteiger partial charge in [-0.05, 0) is 37.1 Å². The molecule has 0 aliphatic rings. The molecule has 6 nitrogen and oxygen atoms in total. The molecule has 0 N–H and O–H groups in total. The molecule has 0 aliphatic heterocycles. The van der Waals surface area contributed by atoms with Crippen LogP contribution in [0.1, 0.15) is 20.8 Å². The van der Waals surface area contributed by atoms with Crippen LogP contribution in [0, 0.1) is 5.92 Å². The van der Waals surface area contributed by atoms with Crippen LogP contribution in [-0.4, -0.2) is 43.5 Å². The van der Waals surface area contributed by atoms with Crippen LogP contribution in [0.4, 0.5) is 0 Å². The Kier molecular flexibility index (Phi) is 10.1. The molecule has 7 heteroatoms. The number of carbonyl (C=O) groups excluding carboxylic acids is 1. The summed E-state index contributed by atoms with van der Waals surface area (Å²) in [6, 6.07) is 6.89. The van der Waals surface area contributed by atoms with Crippen molar-refractivity contribution in [1.82, 2.24) is 4.67 Å². The van der Waals surface area contributed by atoms with Gasteiger partial charge in [0.15, 0.2) is 6.61 Å². The molecule has 1 rings (SSSR count). The molecular weight excluding hydrogens is 365 g/mol. The molecule has 0 saturated heterocycles. The van der Waals surface area contributed by atoms with E-state index in [2.05, 4.69) is 27.0 Å². The van der Waals surface area contributed by atoms with E-state index in [-0.39, 0.29) is 6.61 Å². The average Bonchev–Trinajstić information content (AvgIpc) is 2.65. The predicted octanol–water partition coefficient (Wildman–Crippen LogP) is 3.79. The van der Waals surface area contributed by atoms with E-state index < -0.39 is 20.1 Å². The van der Waals surface area contributed by atoms with Crippen molar-refractivity contribution >= 4 is 18.8 Å². The van der Waals surface area contributed by atoms with Crippen molar-refractivity contribution in [3.05, 3.63) is 49.6 Å². The Bertz CT molecular complexity index is 647. The van der Waals surface area contributed by atoms with Gasteiger partial charge in [0.2, 0.25) is 0 Å². The number of carbonyl (C=O) groups is 1. The molecule has 27 heavy (non-hydrogen) atoms. The number of benzene rings is 1. The fourth-order valence-corrected chi connectivity index (χ4v) is 4.35. The minimum Gasteiger partial charge on any atom is -0.493 e. The van der Waals surface area contributed by atoms with E-state index in [1.54, 1.807) is 48.0 Å². The van der Waals surface area contributed by atoms with Crippen LogP contribution in [0.5, 0.6) is 5.75 Å². The Morgan fingerprint density at radius 3 is 2.26 bits per heavy atom. The molecule has 0 radical (unpaired) electrons. The van der Waals surface area contributed by atoms with Crippen molar-refractivity contribution in [2.24, 2.45) is 5.92 Å². The molecule has 1 aromatic rings. The topological polar surface area (TPSA) is 65.1 Å². The van der Waals surface area contributed by atoms with Crippen molar-refractivity contribution in [2.75, 3.05) is 32.9 Å². The summed E-state index contributed by atoms with van der Waals surface area (Å²) >= 11 is 0. The molecule has 150 valence electrons. The summed E-state index contributed by atoms with van der Waals surface area (Å²) < 4.78 is 31.5. The van der Waals surface area contributed by atoms with Crippen LogP contribution in [0.2, 0.25) is 0 Å². The first-order chi connectivity index (χ1) is 12.9. The summed E-state index contributed by atoms with van der Waals surface area (Å²) in [5, 5.41) is 0.465. The first-order valence-corrected chi connectivity index (χ1v) is 10.6. The number of esters is 1. The third kappa shape index (κ3) is 7.33. The van der Waals surface area contributed by atoms with Gasteiger partial charge in [0.05, 0.1) is 18.5 Å². The van der Waals surface area contributed by atoms with Gasteiger partial charge in [0.1, 0.15) is 5.75 Å². The Balaban J connectivity index is 3.11. The van der Waals surface area contributed by atoms with Crippen molar-refractivity contribution < 1.29 is 23.4 Å². The van der Waals surface area contributed by atoms with Gasteiger partial charge in [-0.25, -0.2) is 9.46 Å². The van der Waals surface area contributed by atoms with Gasteiger partial charge in [0.25, 0.3) is 0 Å². The molecule has 0 heterocycles. The Morgan fingerprint density at radius 1 is 1.19 bits per heavy atom. The molecule has 0 aromatic heterocycles. The lowest BCUT2D eigenvalue weighted by Gasteiger charge is -2.29. The highest BCUT2D eigenvalue weighted by molar-refractivity contribution is 7.64. The number of hydrogen-bond donors (Lipinski definition) is 0. The molecule has 0 saturated carbocycles. The second kappa shape index (κ2) is 11.8. The minimum absolute atomic E-state index is 0.234. The van der Waals surface area contributed by atoms with Crippen LogP contribution >= 0.6 is 7.52 Å². The first kappa shape index (κ1) is 23.2. The van der Waals surface area contributed by atoms with E-state index in [0.29, 0.717) is 36.7 Å². The summed E-state index contributed by atoms with van der Waals surface area (Å²) in [5.41, 5.74) is 0. The highest BCUT2D eigenvalue weighted by atomic mass is 31.2. The Labute approximate surface area is 162 Å². The average molecular weight is 395 g/mol. The maximum atomic E-state index is 13.7. The van der Waals surface area contributed by atoms with Crippen LogP contribution in [0.3, 0.4) is 0 Å². The highest BCUT2D eigenvalue weighted by Gasteiger charge is 2.34. The summed E-state index contributed by atoms with van der Waals surface area (Å²) in [6.45, 7) is 14.3. The zero-order chi connectivity index (χ0) is 20.3. The summed E-state index contributed by atoms with van der Waals surface area (Å²) in [7, 11) is -3.52. The molecular formula is C20H30NO5P. The van der Waals surface area contributed by atoms with Gasteiger partial charge < -0.3 is 14.0 Å². The lowest BCUT2D eigenvalue weighted by atomic mass is 10.2. The smallest absolute Gasteiger partial charge is 0.332 e. The Morgan fingerprint density at radius 2 is 1.78 bits per heavy atom. The number of rotatable bonds is 13. The quantitative estimate of drug-likeness (QED) is 0.288. The van der Waals surface area contributed by atoms with Crippen molar-refractivity contribution in [1.29, 1.82) is 0 Å². The van der Waals surface area contributed by atoms with Crippen molar-refractivity contribution in [2.45, 2.75) is 20.8 Å². The molecule has 1 atom stereocenters. The minimum atomic E-state index is -3.52. The second-order valence-corrected chi connectivity index (χ2v) is 8.63. The normalized spacial score (nSPS) is 13.2. The zero-order valence-corrected chi connectivity index (χ0v) is 17.3. The maximum absolute atomic E-state index is 13.7.